The first-order valence-corrected chi connectivity index (χ1v) is 7.19. The molecule has 1 saturated heterocycles. The molecule has 1 aliphatic rings. The number of nitrogens with one attached hydrogen (secondary N) is 1. The molecular formula is C18H13FN2O3. The minimum Gasteiger partial charge on any atom is -0.273 e. The number of carbonyl (C=O) groups is 3. The molecule has 6 heteroatoms. The Labute approximate surface area is 137 Å². The fourth-order valence-electron chi connectivity index (χ4n) is 2.31. The van der Waals surface area contributed by atoms with Crippen molar-refractivity contribution in [2.75, 3.05) is 4.90 Å². The molecule has 0 atom stereocenters. The van der Waals surface area contributed by atoms with E-state index in [2.05, 4.69) is 5.32 Å². The quantitative estimate of drug-likeness (QED) is 0.682. The summed E-state index contributed by atoms with van der Waals surface area (Å²) in [7, 11) is 0. The van der Waals surface area contributed by atoms with Crippen LogP contribution in [0, 0.1) is 12.7 Å². The van der Waals surface area contributed by atoms with Crippen molar-refractivity contribution in [2.24, 2.45) is 0 Å². The van der Waals surface area contributed by atoms with Crippen LogP contribution in [0.2, 0.25) is 0 Å². The highest BCUT2D eigenvalue weighted by molar-refractivity contribution is 6.39. The number of amides is 4. The van der Waals surface area contributed by atoms with Gasteiger partial charge in [0, 0.05) is 0 Å². The maximum atomic E-state index is 13.0. The van der Waals surface area contributed by atoms with Crippen LogP contribution < -0.4 is 10.2 Å². The first-order valence-electron chi connectivity index (χ1n) is 7.19. The minimum atomic E-state index is -0.863. The van der Waals surface area contributed by atoms with Crippen molar-refractivity contribution in [3.63, 3.8) is 0 Å². The van der Waals surface area contributed by atoms with Gasteiger partial charge in [0.15, 0.2) is 0 Å². The van der Waals surface area contributed by atoms with Crippen molar-refractivity contribution in [3.05, 3.63) is 71.0 Å². The second-order valence-corrected chi connectivity index (χ2v) is 5.34. The van der Waals surface area contributed by atoms with E-state index in [1.165, 1.54) is 18.2 Å². The van der Waals surface area contributed by atoms with Crippen LogP contribution in [0.1, 0.15) is 11.1 Å². The lowest BCUT2D eigenvalue weighted by Crippen LogP contribution is -2.54. The van der Waals surface area contributed by atoms with Gasteiger partial charge in [0.2, 0.25) is 0 Å². The maximum absolute atomic E-state index is 13.0. The molecule has 1 heterocycles. The zero-order chi connectivity index (χ0) is 17.3. The third-order valence-corrected chi connectivity index (χ3v) is 3.57. The lowest BCUT2D eigenvalue weighted by Gasteiger charge is -2.26. The summed E-state index contributed by atoms with van der Waals surface area (Å²) in [5, 5.41) is 2.12. The number of benzene rings is 2. The Hall–Kier alpha value is -3.28. The van der Waals surface area contributed by atoms with Gasteiger partial charge in [0.25, 0.3) is 11.8 Å². The molecule has 5 nitrogen and oxygen atoms in total. The van der Waals surface area contributed by atoms with E-state index in [0.717, 1.165) is 22.6 Å². The second kappa shape index (κ2) is 6.08. The Balaban J connectivity index is 1.99. The highest BCUT2D eigenvalue weighted by atomic mass is 19.1. The molecule has 120 valence electrons. The van der Waals surface area contributed by atoms with Crippen molar-refractivity contribution < 1.29 is 18.8 Å². The van der Waals surface area contributed by atoms with Gasteiger partial charge in [-0.05, 0) is 42.8 Å². The van der Waals surface area contributed by atoms with Crippen molar-refractivity contribution in [1.82, 2.24) is 5.32 Å². The van der Waals surface area contributed by atoms with Crippen LogP contribution >= 0.6 is 0 Å². The molecule has 1 aliphatic heterocycles. The fraction of sp³-hybridized carbons (Fsp3) is 0.0556. The summed E-state index contributed by atoms with van der Waals surface area (Å²) in [6.45, 7) is 1.92. The Kier molecular flexibility index (Phi) is 3.95. The molecule has 1 fully saturated rings. The lowest BCUT2D eigenvalue weighted by atomic mass is 10.1. The topological polar surface area (TPSA) is 66.5 Å². The first kappa shape index (κ1) is 15.6. The zero-order valence-electron chi connectivity index (χ0n) is 12.7. The van der Waals surface area contributed by atoms with E-state index < -0.39 is 23.7 Å². The number of rotatable bonds is 2. The summed E-state index contributed by atoms with van der Waals surface area (Å²) < 4.78 is 13.0. The third-order valence-electron chi connectivity index (χ3n) is 3.57. The van der Waals surface area contributed by atoms with E-state index in [9.17, 15) is 18.8 Å². The average molecular weight is 324 g/mol. The number of nitrogens with zero attached hydrogens (tertiary/aromatic N) is 1. The van der Waals surface area contributed by atoms with E-state index in [4.69, 9.17) is 0 Å². The van der Waals surface area contributed by atoms with E-state index in [0.29, 0.717) is 5.56 Å². The SMILES string of the molecule is Cc1ccc(/C=C2\C(=O)NC(=O)N(c3ccc(F)cc3)C2=O)cc1. The molecule has 0 spiro atoms. The van der Waals surface area contributed by atoms with Crippen molar-refractivity contribution in [1.29, 1.82) is 0 Å². The highest BCUT2D eigenvalue weighted by Gasteiger charge is 2.36. The van der Waals surface area contributed by atoms with Gasteiger partial charge in [0.1, 0.15) is 11.4 Å². The van der Waals surface area contributed by atoms with Crippen LogP contribution in [-0.4, -0.2) is 17.8 Å². The molecule has 0 radical (unpaired) electrons. The smallest absolute Gasteiger partial charge is 0.273 e. The number of hydrogen-bond donors (Lipinski definition) is 1. The average Bonchev–Trinajstić information content (AvgIpc) is 2.55. The van der Waals surface area contributed by atoms with Gasteiger partial charge >= 0.3 is 6.03 Å². The molecule has 3 rings (SSSR count). The number of hydrogen-bond acceptors (Lipinski definition) is 3. The van der Waals surface area contributed by atoms with Crippen molar-refractivity contribution >= 4 is 29.6 Å². The number of anilines is 1. The van der Waals surface area contributed by atoms with Gasteiger partial charge in [-0.2, -0.15) is 0 Å². The summed E-state index contributed by atoms with van der Waals surface area (Å²) in [6.07, 6.45) is 1.42. The zero-order valence-corrected chi connectivity index (χ0v) is 12.7. The minimum absolute atomic E-state index is 0.164. The molecule has 0 bridgehead atoms. The largest absolute Gasteiger partial charge is 0.335 e. The number of imide groups is 2. The number of urea groups is 1. The van der Waals surface area contributed by atoms with Crippen LogP contribution in [0.4, 0.5) is 14.9 Å². The summed E-state index contributed by atoms with van der Waals surface area (Å²) in [4.78, 5) is 37.4. The molecule has 1 N–H and O–H groups in total. The van der Waals surface area contributed by atoms with Gasteiger partial charge in [0.05, 0.1) is 5.69 Å². The van der Waals surface area contributed by atoms with Crippen LogP contribution in [0.3, 0.4) is 0 Å². The van der Waals surface area contributed by atoms with Crippen LogP contribution in [0.15, 0.2) is 54.1 Å². The van der Waals surface area contributed by atoms with Crippen LogP contribution in [0.5, 0.6) is 0 Å². The summed E-state index contributed by atoms with van der Waals surface area (Å²) in [5.74, 6) is -2.00. The van der Waals surface area contributed by atoms with Gasteiger partial charge in [-0.1, -0.05) is 29.8 Å². The molecule has 2 aromatic rings. The van der Waals surface area contributed by atoms with E-state index in [-0.39, 0.29) is 11.3 Å². The third kappa shape index (κ3) is 2.94. The van der Waals surface area contributed by atoms with Gasteiger partial charge < -0.3 is 0 Å². The predicted molar refractivity (Wildman–Crippen MR) is 86.6 cm³/mol. The molecule has 0 unspecified atom stereocenters. The lowest BCUT2D eigenvalue weighted by molar-refractivity contribution is -0.122. The highest BCUT2D eigenvalue weighted by Crippen LogP contribution is 2.22. The molecule has 24 heavy (non-hydrogen) atoms. The predicted octanol–water partition coefficient (Wildman–Crippen LogP) is 2.80. The summed E-state index contributed by atoms with van der Waals surface area (Å²) >= 11 is 0. The summed E-state index contributed by atoms with van der Waals surface area (Å²) in [6, 6.07) is 11.2. The number of halogens is 1. The normalized spacial score (nSPS) is 16.5. The standard InChI is InChI=1S/C18H13FN2O3/c1-11-2-4-12(5-3-11)10-15-16(22)20-18(24)21(17(15)23)14-8-6-13(19)7-9-14/h2-10H,1H3,(H,20,22,24)/b15-10+. The molecule has 0 saturated carbocycles. The molecule has 0 aromatic heterocycles. The Morgan fingerprint density at radius 1 is 0.958 bits per heavy atom. The fourth-order valence-corrected chi connectivity index (χ4v) is 2.31. The molecule has 2 aromatic carbocycles. The summed E-state index contributed by atoms with van der Waals surface area (Å²) in [5.41, 5.74) is 1.72. The van der Waals surface area contributed by atoms with Crippen molar-refractivity contribution in [3.8, 4) is 0 Å². The van der Waals surface area contributed by atoms with E-state index in [1.54, 1.807) is 12.1 Å². The van der Waals surface area contributed by atoms with Crippen molar-refractivity contribution in [2.45, 2.75) is 6.92 Å². The first-order chi connectivity index (χ1) is 11.5. The maximum Gasteiger partial charge on any atom is 0.335 e. The van der Waals surface area contributed by atoms with Gasteiger partial charge in [-0.3, -0.25) is 14.9 Å². The number of aryl methyl sites for hydroxylation is 1. The second-order valence-electron chi connectivity index (χ2n) is 5.34. The van der Waals surface area contributed by atoms with E-state index >= 15 is 0 Å². The molecule has 4 amide bonds. The number of barbiturate groups is 1. The van der Waals surface area contributed by atoms with Gasteiger partial charge in [-0.25, -0.2) is 14.1 Å². The molecule has 0 aliphatic carbocycles. The van der Waals surface area contributed by atoms with Gasteiger partial charge in [-0.15, -0.1) is 0 Å². The Morgan fingerprint density at radius 3 is 2.21 bits per heavy atom. The monoisotopic (exact) mass is 324 g/mol. The Morgan fingerprint density at radius 2 is 1.58 bits per heavy atom. The van der Waals surface area contributed by atoms with Crippen LogP contribution in [-0.2, 0) is 9.59 Å². The molecular weight excluding hydrogens is 311 g/mol. The van der Waals surface area contributed by atoms with Crippen LogP contribution in [0.25, 0.3) is 6.08 Å². The Bertz CT molecular complexity index is 855. The van der Waals surface area contributed by atoms with E-state index in [1.807, 2.05) is 19.1 Å². The number of carbonyl (C=O) groups excluding carboxylic acids is 3.